The van der Waals surface area contributed by atoms with E-state index in [4.69, 9.17) is 5.73 Å². The van der Waals surface area contributed by atoms with Crippen LogP contribution in [-0.4, -0.2) is 27.0 Å². The minimum atomic E-state index is 0.515. The summed E-state index contributed by atoms with van der Waals surface area (Å²) in [6.07, 6.45) is 6.89. The van der Waals surface area contributed by atoms with Crippen LogP contribution in [0.2, 0.25) is 0 Å². The van der Waals surface area contributed by atoms with Crippen molar-refractivity contribution >= 4 is 23.3 Å². The van der Waals surface area contributed by atoms with Crippen LogP contribution in [0, 0.1) is 0 Å². The lowest BCUT2D eigenvalue weighted by molar-refractivity contribution is 0.752. The van der Waals surface area contributed by atoms with Gasteiger partial charge in [-0.25, -0.2) is 9.97 Å². The van der Waals surface area contributed by atoms with Gasteiger partial charge in [0, 0.05) is 11.3 Å². The van der Waals surface area contributed by atoms with Crippen molar-refractivity contribution in [2.75, 3.05) is 16.8 Å². The van der Waals surface area contributed by atoms with Crippen LogP contribution in [-0.2, 0) is 0 Å². The van der Waals surface area contributed by atoms with Crippen LogP contribution in [0.5, 0.6) is 0 Å². The Bertz CT molecular complexity index is 345. The average Bonchev–Trinajstić information content (AvgIpc) is 2.70. The standard InChI is InChI=1S/C11H18N4S/c1-2-16-9-4-3-8(5-9)15-11-10(12)6-13-7-14-11/h6-9H,2-5,12H2,1H3,(H,13,14,15). The fraction of sp³-hybridized carbons (Fsp3) is 0.636. The summed E-state index contributed by atoms with van der Waals surface area (Å²) < 4.78 is 0. The van der Waals surface area contributed by atoms with Crippen molar-refractivity contribution in [1.29, 1.82) is 0 Å². The normalized spacial score (nSPS) is 24.6. The van der Waals surface area contributed by atoms with E-state index in [0.717, 1.165) is 11.1 Å². The quantitative estimate of drug-likeness (QED) is 0.841. The molecule has 3 N–H and O–H groups in total. The molecule has 0 aliphatic heterocycles. The predicted octanol–water partition coefficient (Wildman–Crippen LogP) is 2.14. The van der Waals surface area contributed by atoms with Gasteiger partial charge in [-0.1, -0.05) is 6.92 Å². The minimum Gasteiger partial charge on any atom is -0.394 e. The second-order valence-electron chi connectivity index (χ2n) is 4.06. The fourth-order valence-corrected chi connectivity index (χ4v) is 3.26. The molecular weight excluding hydrogens is 220 g/mol. The van der Waals surface area contributed by atoms with Crippen LogP contribution < -0.4 is 11.1 Å². The Morgan fingerprint density at radius 1 is 1.56 bits per heavy atom. The van der Waals surface area contributed by atoms with Gasteiger partial charge >= 0.3 is 0 Å². The number of nitrogens with two attached hydrogens (primary N) is 1. The van der Waals surface area contributed by atoms with Gasteiger partial charge < -0.3 is 11.1 Å². The van der Waals surface area contributed by atoms with E-state index in [1.807, 2.05) is 0 Å². The molecule has 1 heterocycles. The third-order valence-electron chi connectivity index (χ3n) is 2.87. The summed E-state index contributed by atoms with van der Waals surface area (Å²) in [7, 11) is 0. The van der Waals surface area contributed by atoms with Crippen molar-refractivity contribution in [3.05, 3.63) is 12.5 Å². The van der Waals surface area contributed by atoms with Crippen molar-refractivity contribution < 1.29 is 0 Å². The lowest BCUT2D eigenvalue weighted by atomic mass is 10.2. The second kappa shape index (κ2) is 5.39. The molecule has 2 rings (SSSR count). The van der Waals surface area contributed by atoms with E-state index in [1.165, 1.54) is 31.3 Å². The van der Waals surface area contributed by atoms with E-state index in [2.05, 4.69) is 34.0 Å². The first kappa shape index (κ1) is 11.5. The maximum Gasteiger partial charge on any atom is 0.152 e. The molecule has 2 unspecified atom stereocenters. The molecule has 1 aliphatic rings. The highest BCUT2D eigenvalue weighted by Gasteiger charge is 2.24. The maximum absolute atomic E-state index is 5.80. The van der Waals surface area contributed by atoms with Crippen LogP contribution in [0.3, 0.4) is 0 Å². The average molecular weight is 238 g/mol. The minimum absolute atomic E-state index is 0.515. The Labute approximate surface area is 100 Å². The SMILES string of the molecule is CCSC1CCC(Nc2ncncc2N)C1. The number of aromatic nitrogens is 2. The number of hydrogen-bond acceptors (Lipinski definition) is 5. The Hall–Kier alpha value is -0.970. The third-order valence-corrected chi connectivity index (χ3v) is 4.10. The molecule has 0 radical (unpaired) electrons. The van der Waals surface area contributed by atoms with Crippen molar-refractivity contribution in [3.63, 3.8) is 0 Å². The molecule has 0 amide bonds. The monoisotopic (exact) mass is 238 g/mol. The first-order valence-electron chi connectivity index (χ1n) is 5.73. The van der Waals surface area contributed by atoms with Gasteiger partial charge in [0.2, 0.25) is 0 Å². The molecule has 2 atom stereocenters. The van der Waals surface area contributed by atoms with Gasteiger partial charge in [-0.05, 0) is 25.0 Å². The molecule has 1 fully saturated rings. The molecule has 0 bridgehead atoms. The molecule has 4 nitrogen and oxygen atoms in total. The molecule has 1 saturated carbocycles. The Balaban J connectivity index is 1.90. The highest BCUT2D eigenvalue weighted by atomic mass is 32.2. The molecule has 1 aromatic rings. The van der Waals surface area contributed by atoms with Crippen molar-refractivity contribution in [2.45, 2.75) is 37.5 Å². The highest BCUT2D eigenvalue weighted by molar-refractivity contribution is 7.99. The third kappa shape index (κ3) is 2.78. The number of nitrogens with one attached hydrogen (secondary N) is 1. The van der Waals surface area contributed by atoms with Gasteiger partial charge in [0.15, 0.2) is 5.82 Å². The lowest BCUT2D eigenvalue weighted by Crippen LogP contribution is -2.18. The number of hydrogen-bond donors (Lipinski definition) is 2. The number of anilines is 2. The lowest BCUT2D eigenvalue weighted by Gasteiger charge is -2.14. The van der Waals surface area contributed by atoms with Gasteiger partial charge in [-0.3, -0.25) is 0 Å². The largest absolute Gasteiger partial charge is 0.394 e. The topological polar surface area (TPSA) is 63.8 Å². The van der Waals surface area contributed by atoms with Crippen LogP contribution in [0.25, 0.3) is 0 Å². The van der Waals surface area contributed by atoms with E-state index in [9.17, 15) is 0 Å². The van der Waals surface area contributed by atoms with E-state index in [1.54, 1.807) is 6.20 Å². The number of thioether (sulfide) groups is 1. The van der Waals surface area contributed by atoms with Gasteiger partial charge in [0.05, 0.1) is 11.9 Å². The molecule has 88 valence electrons. The Morgan fingerprint density at radius 3 is 3.19 bits per heavy atom. The fourth-order valence-electron chi connectivity index (χ4n) is 2.11. The molecule has 1 aromatic heterocycles. The van der Waals surface area contributed by atoms with E-state index in [-0.39, 0.29) is 0 Å². The summed E-state index contributed by atoms with van der Waals surface area (Å²) >= 11 is 2.05. The van der Waals surface area contributed by atoms with E-state index >= 15 is 0 Å². The second-order valence-corrected chi connectivity index (χ2v) is 5.64. The number of rotatable bonds is 4. The smallest absolute Gasteiger partial charge is 0.152 e. The maximum atomic E-state index is 5.80. The Morgan fingerprint density at radius 2 is 2.44 bits per heavy atom. The van der Waals surface area contributed by atoms with Gasteiger partial charge in [-0.2, -0.15) is 11.8 Å². The highest BCUT2D eigenvalue weighted by Crippen LogP contribution is 2.31. The van der Waals surface area contributed by atoms with Crippen LogP contribution in [0.4, 0.5) is 11.5 Å². The molecule has 0 aromatic carbocycles. The van der Waals surface area contributed by atoms with Crippen LogP contribution in [0.15, 0.2) is 12.5 Å². The van der Waals surface area contributed by atoms with Gasteiger partial charge in [0.1, 0.15) is 6.33 Å². The first-order chi connectivity index (χ1) is 7.79. The van der Waals surface area contributed by atoms with E-state index < -0.39 is 0 Å². The van der Waals surface area contributed by atoms with Gasteiger partial charge in [-0.15, -0.1) is 0 Å². The predicted molar refractivity (Wildman–Crippen MR) is 69.6 cm³/mol. The van der Waals surface area contributed by atoms with Gasteiger partial charge in [0.25, 0.3) is 0 Å². The molecule has 1 aliphatic carbocycles. The van der Waals surface area contributed by atoms with Crippen molar-refractivity contribution in [1.82, 2.24) is 9.97 Å². The molecule has 5 heteroatoms. The summed E-state index contributed by atoms with van der Waals surface area (Å²) in [4.78, 5) is 8.04. The summed E-state index contributed by atoms with van der Waals surface area (Å²) in [5.41, 5.74) is 6.43. The summed E-state index contributed by atoms with van der Waals surface area (Å²) in [5, 5.41) is 4.20. The molecule has 16 heavy (non-hydrogen) atoms. The van der Waals surface area contributed by atoms with E-state index in [0.29, 0.717) is 11.7 Å². The zero-order valence-corrected chi connectivity index (χ0v) is 10.3. The molecule has 0 spiro atoms. The molecule has 0 saturated heterocycles. The summed E-state index contributed by atoms with van der Waals surface area (Å²) in [5.74, 6) is 1.98. The zero-order chi connectivity index (χ0) is 11.4. The van der Waals surface area contributed by atoms with Crippen LogP contribution >= 0.6 is 11.8 Å². The Kier molecular flexibility index (Phi) is 3.88. The summed E-state index contributed by atoms with van der Waals surface area (Å²) in [6, 6.07) is 0.515. The zero-order valence-electron chi connectivity index (χ0n) is 9.52. The molecular formula is C11H18N4S. The number of nitrogen functional groups attached to an aromatic ring is 1. The first-order valence-corrected chi connectivity index (χ1v) is 6.78. The summed E-state index contributed by atoms with van der Waals surface area (Å²) in [6.45, 7) is 2.22. The van der Waals surface area contributed by atoms with Crippen molar-refractivity contribution in [2.24, 2.45) is 0 Å². The van der Waals surface area contributed by atoms with Crippen LogP contribution in [0.1, 0.15) is 26.2 Å². The van der Waals surface area contributed by atoms with Crippen molar-refractivity contribution in [3.8, 4) is 0 Å². The number of nitrogens with zero attached hydrogens (tertiary/aromatic N) is 2.